The van der Waals surface area contributed by atoms with Crippen molar-refractivity contribution >= 4 is 39.1 Å². The van der Waals surface area contributed by atoms with Gasteiger partial charge >= 0.3 is 0 Å². The van der Waals surface area contributed by atoms with Crippen LogP contribution < -0.4 is 5.22 Å². The second-order valence-electron chi connectivity index (χ2n) is 12.7. The number of aromatic nitrogens is 2. The van der Waals surface area contributed by atoms with Crippen LogP contribution in [-0.2, 0) is 12.8 Å². The summed E-state index contributed by atoms with van der Waals surface area (Å²) in [6.07, 6.45) is 15.0. The minimum atomic E-state index is 0.994. The van der Waals surface area contributed by atoms with Crippen molar-refractivity contribution in [1.29, 1.82) is 0 Å². The van der Waals surface area contributed by atoms with E-state index in [4.69, 9.17) is 0 Å². The van der Waals surface area contributed by atoms with Crippen LogP contribution in [0.4, 0.5) is 0 Å². The molecule has 1 aliphatic carbocycles. The second-order valence-corrected chi connectivity index (χ2v) is 12.7. The SMILES string of the molecule is CCCCCc1ccc2c3cc(=C4C(C)=CC=C[C-]4C)cc4c(CC)c(C)n5c(n(c2c1)C(c1c(C)cccc1C)=C5)=c43. The molecule has 3 heterocycles. The average molecular weight is 564 g/mol. The van der Waals surface area contributed by atoms with Gasteiger partial charge in [-0.3, -0.25) is 4.57 Å². The molecule has 0 bridgehead atoms. The largest absolute Gasteiger partial charge is 0.304 e. The Labute approximate surface area is 256 Å². The molecule has 0 amide bonds. The highest BCUT2D eigenvalue weighted by Gasteiger charge is 2.25. The molecule has 2 heteroatoms. The molecule has 0 N–H and O–H groups in total. The van der Waals surface area contributed by atoms with Gasteiger partial charge in [0.25, 0.3) is 0 Å². The first-order valence-electron chi connectivity index (χ1n) is 16.2. The number of aryl methyl sites for hydroxylation is 4. The molecule has 0 aromatic heterocycles. The Hall–Kier alpha value is -4.17. The quantitative estimate of drug-likeness (QED) is 0.141. The molecule has 3 aromatic carbocycles. The van der Waals surface area contributed by atoms with Crippen molar-refractivity contribution in [3.63, 3.8) is 0 Å². The fourth-order valence-electron chi connectivity index (χ4n) is 7.85. The summed E-state index contributed by atoms with van der Waals surface area (Å²) in [4.78, 5) is 0. The molecule has 0 saturated heterocycles. The van der Waals surface area contributed by atoms with E-state index in [1.165, 1.54) is 113 Å². The van der Waals surface area contributed by atoms with Gasteiger partial charge in [-0.15, -0.1) is 35.3 Å². The summed E-state index contributed by atoms with van der Waals surface area (Å²) in [5.74, 6) is 1.33. The normalized spacial score (nSPS) is 15.7. The zero-order valence-corrected chi connectivity index (χ0v) is 26.9. The van der Waals surface area contributed by atoms with Crippen LogP contribution in [0.1, 0.15) is 80.5 Å². The number of hydrogen-bond donors (Lipinski definition) is 0. The van der Waals surface area contributed by atoms with E-state index in [0.29, 0.717) is 0 Å². The molecule has 43 heavy (non-hydrogen) atoms. The molecule has 0 radical (unpaired) electrons. The number of benzene rings is 3. The van der Waals surface area contributed by atoms with Gasteiger partial charge in [0.2, 0.25) is 0 Å². The molecule has 3 aliphatic heterocycles. The number of unbranched alkanes of at least 4 members (excludes halogenated alkanes) is 2. The third kappa shape index (κ3) is 4.18. The van der Waals surface area contributed by atoms with E-state index in [-0.39, 0.29) is 0 Å². The van der Waals surface area contributed by atoms with Crippen LogP contribution in [0.5, 0.6) is 0 Å². The topological polar surface area (TPSA) is 9.86 Å². The number of hydrogen-bond acceptors (Lipinski definition) is 0. The molecule has 3 aromatic rings. The Morgan fingerprint density at radius 3 is 2.33 bits per heavy atom. The Kier molecular flexibility index (Phi) is 6.77. The molecule has 0 spiro atoms. The lowest BCUT2D eigenvalue weighted by molar-refractivity contribution is 0.717. The van der Waals surface area contributed by atoms with Gasteiger partial charge in [0, 0.05) is 28.1 Å². The fourth-order valence-corrected chi connectivity index (χ4v) is 7.85. The van der Waals surface area contributed by atoms with Crippen molar-refractivity contribution in [3.05, 3.63) is 128 Å². The summed E-state index contributed by atoms with van der Waals surface area (Å²) in [7, 11) is 0. The third-order valence-electron chi connectivity index (χ3n) is 9.94. The zero-order chi connectivity index (χ0) is 30.0. The molecular weight excluding hydrogens is 520 g/mol. The van der Waals surface area contributed by atoms with E-state index < -0.39 is 0 Å². The first kappa shape index (κ1) is 27.7. The number of nitrogens with zero attached hydrogens (tertiary/aromatic N) is 2. The molecular formula is C41H43N2-. The molecule has 0 unspecified atom stereocenters. The van der Waals surface area contributed by atoms with E-state index in [2.05, 4.69) is 131 Å². The number of rotatable bonds is 6. The highest BCUT2D eigenvalue weighted by molar-refractivity contribution is 6.03. The first-order chi connectivity index (χ1) is 20.8. The third-order valence-corrected chi connectivity index (χ3v) is 9.94. The van der Waals surface area contributed by atoms with Crippen molar-refractivity contribution < 1.29 is 0 Å². The molecule has 0 fully saturated rings. The average Bonchev–Trinajstić information content (AvgIpc) is 3.38. The lowest BCUT2D eigenvalue weighted by Crippen LogP contribution is -2.16. The highest BCUT2D eigenvalue weighted by atomic mass is 15.2. The van der Waals surface area contributed by atoms with Crippen molar-refractivity contribution in [3.8, 4) is 0 Å². The second kappa shape index (κ2) is 10.5. The minimum absolute atomic E-state index is 0.994. The summed E-state index contributed by atoms with van der Waals surface area (Å²) in [5, 5.41) is 6.78. The van der Waals surface area contributed by atoms with Crippen molar-refractivity contribution in [2.45, 2.75) is 80.6 Å². The Morgan fingerprint density at radius 2 is 1.60 bits per heavy atom. The van der Waals surface area contributed by atoms with Gasteiger partial charge in [-0.1, -0.05) is 88.2 Å². The van der Waals surface area contributed by atoms with E-state index in [1.54, 1.807) is 0 Å². The van der Waals surface area contributed by atoms with Crippen molar-refractivity contribution in [2.75, 3.05) is 0 Å². The van der Waals surface area contributed by atoms with Gasteiger partial charge in [0.1, 0.15) is 5.48 Å². The maximum atomic E-state index is 2.59. The molecule has 4 aliphatic rings. The van der Waals surface area contributed by atoms with Crippen LogP contribution in [0.3, 0.4) is 0 Å². The van der Waals surface area contributed by atoms with Gasteiger partial charge in [0.15, 0.2) is 0 Å². The van der Waals surface area contributed by atoms with Crippen LogP contribution >= 0.6 is 0 Å². The van der Waals surface area contributed by atoms with Gasteiger partial charge in [-0.25, -0.2) is 0 Å². The van der Waals surface area contributed by atoms with E-state index in [1.807, 2.05) is 0 Å². The monoisotopic (exact) mass is 563 g/mol. The summed E-state index contributed by atoms with van der Waals surface area (Å²) in [6.45, 7) is 15.9. The summed E-state index contributed by atoms with van der Waals surface area (Å²) in [5.41, 5.74) is 14.8. The summed E-state index contributed by atoms with van der Waals surface area (Å²) < 4.78 is 5.09. The zero-order valence-electron chi connectivity index (χ0n) is 26.9. The summed E-state index contributed by atoms with van der Waals surface area (Å²) in [6, 6.07) is 19.0. The highest BCUT2D eigenvalue weighted by Crippen LogP contribution is 2.39. The van der Waals surface area contributed by atoms with Crippen molar-refractivity contribution in [2.24, 2.45) is 0 Å². The number of fused-ring (bicyclic) bond motifs is 3. The number of allylic oxidation sites excluding steroid dienone is 4. The van der Waals surface area contributed by atoms with E-state index in [9.17, 15) is 0 Å². The maximum Gasteiger partial charge on any atom is 0.130 e. The fraction of sp³-hybridized carbons (Fsp3) is 0.293. The Bertz CT molecular complexity index is 2150. The van der Waals surface area contributed by atoms with Gasteiger partial charge in [-0.05, 0) is 79.1 Å². The Morgan fingerprint density at radius 1 is 0.837 bits per heavy atom. The van der Waals surface area contributed by atoms with Gasteiger partial charge in [-0.2, -0.15) is 0 Å². The van der Waals surface area contributed by atoms with Crippen molar-refractivity contribution in [1.82, 2.24) is 9.13 Å². The maximum absolute atomic E-state index is 2.59. The van der Waals surface area contributed by atoms with Crippen LogP contribution in [0, 0.1) is 37.4 Å². The van der Waals surface area contributed by atoms with Gasteiger partial charge < -0.3 is 4.57 Å². The van der Waals surface area contributed by atoms with Crippen LogP contribution in [0.25, 0.3) is 39.1 Å². The first-order valence-corrected chi connectivity index (χ1v) is 16.2. The summed E-state index contributed by atoms with van der Waals surface area (Å²) >= 11 is 0. The lowest BCUT2D eigenvalue weighted by atomic mass is 9.87. The molecule has 0 saturated carbocycles. The predicted octanol–water partition coefficient (Wildman–Crippen LogP) is 9.90. The molecule has 218 valence electrons. The van der Waals surface area contributed by atoms with Crippen LogP contribution in [0.2, 0.25) is 0 Å². The Balaban J connectivity index is 1.70. The predicted molar refractivity (Wildman–Crippen MR) is 185 cm³/mol. The van der Waals surface area contributed by atoms with E-state index >= 15 is 0 Å². The molecule has 7 rings (SSSR count). The lowest BCUT2D eigenvalue weighted by Gasteiger charge is -2.27. The van der Waals surface area contributed by atoms with Gasteiger partial charge in [0.05, 0.1) is 11.2 Å². The molecule has 0 atom stereocenters. The minimum Gasteiger partial charge on any atom is -0.304 e. The van der Waals surface area contributed by atoms with Crippen LogP contribution in [-0.4, -0.2) is 9.13 Å². The standard InChI is InChI=1S/C41H43N2/c1-8-10-11-18-30-19-20-33-35-23-31(38-25(3)14-12-15-26(38)4)22-34-32(9-2)29(7)42-24-37(39-27(5)16-13-17-28(39)6)43(36(33)21-30)41(42)40(34)35/h12-17,19-24H,8-11,18H2,1-7H3/q-1. The smallest absolute Gasteiger partial charge is 0.130 e. The van der Waals surface area contributed by atoms with Crippen LogP contribution in [0.15, 0.2) is 72.3 Å². The molecule has 2 nitrogen and oxygen atoms in total. The van der Waals surface area contributed by atoms with E-state index in [0.717, 1.165) is 12.8 Å².